The normalized spacial score (nSPS) is 24.9. The average molecular weight is 281 g/mol. The molecule has 1 N–H and O–H groups in total. The molecule has 104 valence electrons. The molecule has 0 bridgehead atoms. The van der Waals surface area contributed by atoms with Crippen molar-refractivity contribution in [3.05, 3.63) is 29.3 Å². The van der Waals surface area contributed by atoms with Crippen LogP contribution in [0.2, 0.25) is 0 Å². The molecule has 5 heteroatoms. The highest BCUT2D eigenvalue weighted by Gasteiger charge is 2.25. The van der Waals surface area contributed by atoms with Crippen LogP contribution in [-0.4, -0.2) is 26.5 Å². The van der Waals surface area contributed by atoms with Gasteiger partial charge in [-0.1, -0.05) is 12.1 Å². The number of fused-ring (bicyclic) bond motifs is 1. The van der Waals surface area contributed by atoms with Crippen molar-refractivity contribution in [3.63, 3.8) is 0 Å². The Hall–Kier alpha value is -1.07. The van der Waals surface area contributed by atoms with Crippen molar-refractivity contribution < 1.29 is 13.2 Å². The Morgan fingerprint density at radius 3 is 3.05 bits per heavy atom. The van der Waals surface area contributed by atoms with Crippen molar-refractivity contribution in [3.8, 4) is 5.75 Å². The molecule has 0 spiro atoms. The third-order valence-corrected chi connectivity index (χ3v) is 5.77. The molecular formula is C14H19NO3S. The summed E-state index contributed by atoms with van der Waals surface area (Å²) in [6.45, 7) is 2.24. The summed E-state index contributed by atoms with van der Waals surface area (Å²) in [5.74, 6) is 1.67. The molecule has 1 aromatic rings. The molecule has 3 rings (SSSR count). The molecule has 0 saturated carbocycles. The number of nitrogens with one attached hydrogen (secondary N) is 1. The number of hydrogen-bond acceptors (Lipinski definition) is 4. The second-order valence-corrected chi connectivity index (χ2v) is 7.66. The zero-order valence-corrected chi connectivity index (χ0v) is 11.7. The van der Waals surface area contributed by atoms with Crippen LogP contribution in [0.5, 0.6) is 5.75 Å². The maximum atomic E-state index is 11.6. The average Bonchev–Trinajstić information content (AvgIpc) is 2.84. The first-order valence-corrected chi connectivity index (χ1v) is 8.61. The van der Waals surface area contributed by atoms with Gasteiger partial charge in [-0.25, -0.2) is 8.42 Å². The largest absolute Gasteiger partial charge is 0.493 e. The van der Waals surface area contributed by atoms with Crippen molar-refractivity contribution in [1.82, 2.24) is 5.32 Å². The Bertz CT molecular complexity index is 568. The molecule has 4 nitrogen and oxygen atoms in total. The van der Waals surface area contributed by atoms with Gasteiger partial charge in [-0.3, -0.25) is 0 Å². The quantitative estimate of drug-likeness (QED) is 0.912. The van der Waals surface area contributed by atoms with Gasteiger partial charge in [0.05, 0.1) is 18.1 Å². The molecular weight excluding hydrogens is 262 g/mol. The summed E-state index contributed by atoms with van der Waals surface area (Å²) in [4.78, 5) is 0. The van der Waals surface area contributed by atoms with Crippen molar-refractivity contribution in [1.29, 1.82) is 0 Å². The van der Waals surface area contributed by atoms with Gasteiger partial charge in [0.25, 0.3) is 0 Å². The van der Waals surface area contributed by atoms with Crippen LogP contribution >= 0.6 is 0 Å². The van der Waals surface area contributed by atoms with E-state index in [0.29, 0.717) is 12.4 Å². The van der Waals surface area contributed by atoms with Crippen molar-refractivity contribution in [2.75, 3.05) is 18.1 Å². The second-order valence-electron chi connectivity index (χ2n) is 5.43. The molecule has 1 saturated heterocycles. The van der Waals surface area contributed by atoms with E-state index in [-0.39, 0.29) is 11.7 Å². The van der Waals surface area contributed by atoms with Gasteiger partial charge < -0.3 is 10.1 Å². The summed E-state index contributed by atoms with van der Waals surface area (Å²) in [7, 11) is -2.84. The van der Waals surface area contributed by atoms with Crippen LogP contribution in [0.15, 0.2) is 18.2 Å². The van der Waals surface area contributed by atoms with Gasteiger partial charge in [-0.05, 0) is 24.5 Å². The minimum Gasteiger partial charge on any atom is -0.493 e. The highest BCUT2D eigenvalue weighted by atomic mass is 32.2. The lowest BCUT2D eigenvalue weighted by Crippen LogP contribution is -2.29. The number of ether oxygens (including phenoxy) is 1. The molecule has 0 amide bonds. The predicted octanol–water partition coefficient (Wildman–Crippen LogP) is 1.49. The van der Waals surface area contributed by atoms with Crippen LogP contribution in [0.3, 0.4) is 0 Å². The molecule has 19 heavy (non-hydrogen) atoms. The van der Waals surface area contributed by atoms with Gasteiger partial charge >= 0.3 is 0 Å². The lowest BCUT2D eigenvalue weighted by molar-refractivity contribution is 0.247. The van der Waals surface area contributed by atoms with Crippen LogP contribution in [0, 0.1) is 5.92 Å². The zero-order valence-electron chi connectivity index (χ0n) is 10.9. The SMILES string of the molecule is O=S1(=O)CCCC(COc2cccc3c2CNC3)C1. The van der Waals surface area contributed by atoms with E-state index in [1.165, 1.54) is 11.1 Å². The van der Waals surface area contributed by atoms with Gasteiger partial charge in [0, 0.05) is 24.6 Å². The van der Waals surface area contributed by atoms with Crippen molar-refractivity contribution in [2.24, 2.45) is 5.92 Å². The summed E-state index contributed by atoms with van der Waals surface area (Å²) in [5.41, 5.74) is 2.51. The zero-order chi connectivity index (χ0) is 13.3. The van der Waals surface area contributed by atoms with E-state index >= 15 is 0 Å². The third kappa shape index (κ3) is 2.92. The van der Waals surface area contributed by atoms with Gasteiger partial charge in [0.15, 0.2) is 9.84 Å². The van der Waals surface area contributed by atoms with Gasteiger partial charge in [-0.15, -0.1) is 0 Å². The van der Waals surface area contributed by atoms with E-state index in [0.717, 1.165) is 31.7 Å². The molecule has 2 aliphatic heterocycles. The molecule has 2 heterocycles. The smallest absolute Gasteiger partial charge is 0.150 e. The maximum Gasteiger partial charge on any atom is 0.150 e. The Kier molecular flexibility index (Phi) is 3.50. The molecule has 1 aromatic carbocycles. The molecule has 0 radical (unpaired) electrons. The topological polar surface area (TPSA) is 55.4 Å². The summed E-state index contributed by atoms with van der Waals surface area (Å²) in [5, 5.41) is 3.30. The van der Waals surface area contributed by atoms with Crippen molar-refractivity contribution >= 4 is 9.84 Å². The maximum absolute atomic E-state index is 11.6. The second kappa shape index (κ2) is 5.13. The number of sulfone groups is 1. The number of hydrogen-bond donors (Lipinski definition) is 1. The fraction of sp³-hybridized carbons (Fsp3) is 0.571. The summed E-state index contributed by atoms with van der Waals surface area (Å²) >= 11 is 0. The van der Waals surface area contributed by atoms with E-state index in [1.807, 2.05) is 12.1 Å². The Balaban J connectivity index is 1.65. The molecule has 0 aromatic heterocycles. The van der Waals surface area contributed by atoms with Crippen LogP contribution in [0.25, 0.3) is 0 Å². The Morgan fingerprint density at radius 1 is 1.32 bits per heavy atom. The fourth-order valence-corrected chi connectivity index (χ4v) is 4.65. The Labute approximate surface area is 114 Å². The van der Waals surface area contributed by atoms with Gasteiger partial charge in [0.1, 0.15) is 5.75 Å². The van der Waals surface area contributed by atoms with Gasteiger partial charge in [0.2, 0.25) is 0 Å². The number of rotatable bonds is 3. The van der Waals surface area contributed by atoms with Crippen LogP contribution in [0.4, 0.5) is 0 Å². The lowest BCUT2D eigenvalue weighted by atomic mass is 10.1. The van der Waals surface area contributed by atoms with E-state index in [1.54, 1.807) is 0 Å². The lowest BCUT2D eigenvalue weighted by Gasteiger charge is -2.22. The monoisotopic (exact) mass is 281 g/mol. The highest BCUT2D eigenvalue weighted by molar-refractivity contribution is 7.91. The molecule has 0 aliphatic carbocycles. The highest BCUT2D eigenvalue weighted by Crippen LogP contribution is 2.27. The number of benzene rings is 1. The first-order valence-electron chi connectivity index (χ1n) is 6.79. The fourth-order valence-electron chi connectivity index (χ4n) is 2.89. The van der Waals surface area contributed by atoms with E-state index in [9.17, 15) is 8.42 Å². The van der Waals surface area contributed by atoms with Gasteiger partial charge in [-0.2, -0.15) is 0 Å². The van der Waals surface area contributed by atoms with E-state index in [4.69, 9.17) is 4.74 Å². The molecule has 1 unspecified atom stereocenters. The van der Waals surface area contributed by atoms with Crippen LogP contribution in [-0.2, 0) is 22.9 Å². The van der Waals surface area contributed by atoms with Crippen molar-refractivity contribution in [2.45, 2.75) is 25.9 Å². The first-order chi connectivity index (χ1) is 9.14. The van der Waals surface area contributed by atoms with E-state index < -0.39 is 9.84 Å². The minimum absolute atomic E-state index is 0.143. The minimum atomic E-state index is -2.84. The standard InChI is InChI=1S/C14H19NO3S/c16-19(17)6-2-3-11(10-19)9-18-14-5-1-4-12-7-15-8-13(12)14/h1,4-5,11,15H,2-3,6-10H2. The summed E-state index contributed by atoms with van der Waals surface area (Å²) < 4.78 is 29.1. The van der Waals surface area contributed by atoms with Crippen LogP contribution in [0.1, 0.15) is 24.0 Å². The molecule has 1 atom stereocenters. The summed E-state index contributed by atoms with van der Waals surface area (Å²) in [6, 6.07) is 6.08. The summed E-state index contributed by atoms with van der Waals surface area (Å²) in [6.07, 6.45) is 1.72. The predicted molar refractivity (Wildman–Crippen MR) is 73.9 cm³/mol. The molecule has 2 aliphatic rings. The Morgan fingerprint density at radius 2 is 2.21 bits per heavy atom. The van der Waals surface area contributed by atoms with E-state index in [2.05, 4.69) is 11.4 Å². The third-order valence-electron chi connectivity index (χ3n) is 3.88. The van der Waals surface area contributed by atoms with Crippen LogP contribution < -0.4 is 10.1 Å². The first kappa shape index (κ1) is 12.9. The molecule has 1 fully saturated rings.